The number of amides is 2. The second kappa shape index (κ2) is 9.27. The van der Waals surface area contributed by atoms with Crippen molar-refractivity contribution in [1.29, 1.82) is 0 Å². The summed E-state index contributed by atoms with van der Waals surface area (Å²) in [5.74, 6) is -0.262. The lowest BCUT2D eigenvalue weighted by Crippen LogP contribution is -2.56. The Morgan fingerprint density at radius 2 is 1.78 bits per heavy atom. The van der Waals surface area contributed by atoms with Crippen molar-refractivity contribution in [3.8, 4) is 5.75 Å². The van der Waals surface area contributed by atoms with Gasteiger partial charge in [-0.15, -0.1) is 13.2 Å². The van der Waals surface area contributed by atoms with Gasteiger partial charge in [0, 0.05) is 31.7 Å². The first-order valence-electron chi connectivity index (χ1n) is 8.85. The van der Waals surface area contributed by atoms with Gasteiger partial charge in [0.2, 0.25) is 0 Å². The Hall–Kier alpha value is -2.00. The van der Waals surface area contributed by atoms with Crippen molar-refractivity contribution in [2.24, 2.45) is 0 Å². The largest absolute Gasteiger partial charge is 0.573 e. The number of ether oxygens (including phenoxy) is 2. The molecule has 0 unspecified atom stereocenters. The van der Waals surface area contributed by atoms with Gasteiger partial charge >= 0.3 is 12.4 Å². The third kappa shape index (κ3) is 7.64. The number of carbonyl (C=O) groups excluding carboxylic acids is 1. The fourth-order valence-electron chi connectivity index (χ4n) is 2.82. The van der Waals surface area contributed by atoms with Gasteiger partial charge in [-0.2, -0.15) is 0 Å². The quantitative estimate of drug-likeness (QED) is 0.752. The van der Waals surface area contributed by atoms with E-state index < -0.39 is 6.36 Å². The molecule has 0 radical (unpaired) electrons. The van der Waals surface area contributed by atoms with Crippen molar-refractivity contribution >= 4 is 6.03 Å². The molecule has 0 saturated carbocycles. The number of benzene rings is 1. The van der Waals surface area contributed by atoms with E-state index in [4.69, 9.17) is 4.74 Å². The lowest BCUT2D eigenvalue weighted by Gasteiger charge is -2.40. The van der Waals surface area contributed by atoms with Crippen molar-refractivity contribution in [2.45, 2.75) is 32.2 Å². The molecule has 152 valence electrons. The minimum atomic E-state index is -4.70. The summed E-state index contributed by atoms with van der Waals surface area (Å²) in [5.41, 5.74) is 0.633. The maximum absolute atomic E-state index is 12.1. The number of urea groups is 1. The highest BCUT2D eigenvalue weighted by Gasteiger charge is 2.31. The molecule has 1 fully saturated rings. The molecule has 2 amide bonds. The van der Waals surface area contributed by atoms with E-state index in [1.54, 1.807) is 12.1 Å². The maximum atomic E-state index is 12.1. The van der Waals surface area contributed by atoms with E-state index in [0.717, 1.165) is 18.7 Å². The zero-order valence-electron chi connectivity index (χ0n) is 15.6. The van der Waals surface area contributed by atoms with Crippen molar-refractivity contribution < 1.29 is 27.4 Å². The molecule has 0 spiro atoms. The molecule has 2 N–H and O–H groups in total. The molecule has 6 nitrogen and oxygen atoms in total. The van der Waals surface area contributed by atoms with Crippen molar-refractivity contribution in [1.82, 2.24) is 15.5 Å². The Kier molecular flexibility index (Phi) is 7.32. The molecule has 0 aliphatic carbocycles. The van der Waals surface area contributed by atoms with Crippen LogP contribution in [0.2, 0.25) is 0 Å². The van der Waals surface area contributed by atoms with Crippen LogP contribution in [0, 0.1) is 0 Å². The van der Waals surface area contributed by atoms with Crippen LogP contribution in [0.15, 0.2) is 24.3 Å². The molecule has 0 aromatic heterocycles. The normalized spacial score (nSPS) is 16.0. The zero-order valence-corrected chi connectivity index (χ0v) is 15.6. The maximum Gasteiger partial charge on any atom is 0.573 e. The number of nitrogens with zero attached hydrogens (tertiary/aromatic N) is 1. The van der Waals surface area contributed by atoms with E-state index in [9.17, 15) is 18.0 Å². The molecule has 0 bridgehead atoms. The van der Waals surface area contributed by atoms with Gasteiger partial charge in [-0.25, -0.2) is 4.79 Å². The van der Waals surface area contributed by atoms with Gasteiger partial charge in [0.15, 0.2) is 0 Å². The molecular weight excluding hydrogens is 363 g/mol. The summed E-state index contributed by atoms with van der Waals surface area (Å²) in [4.78, 5) is 14.2. The van der Waals surface area contributed by atoms with Gasteiger partial charge in [-0.3, -0.25) is 4.90 Å². The molecular formula is C18H26F3N3O3. The van der Waals surface area contributed by atoms with E-state index in [1.165, 1.54) is 12.1 Å². The molecule has 9 heteroatoms. The molecule has 1 aliphatic heterocycles. The second-order valence-corrected chi connectivity index (χ2v) is 6.96. The van der Waals surface area contributed by atoms with Crippen LogP contribution in [-0.4, -0.2) is 62.2 Å². The summed E-state index contributed by atoms with van der Waals surface area (Å²) >= 11 is 0. The molecule has 27 heavy (non-hydrogen) atoms. The van der Waals surface area contributed by atoms with Crippen LogP contribution >= 0.6 is 0 Å². The fraction of sp³-hybridized carbons (Fsp3) is 0.611. The second-order valence-electron chi connectivity index (χ2n) is 6.96. The van der Waals surface area contributed by atoms with Crippen molar-refractivity contribution in [2.75, 3.05) is 39.4 Å². The molecule has 1 aromatic carbocycles. The van der Waals surface area contributed by atoms with E-state index in [0.29, 0.717) is 32.7 Å². The van der Waals surface area contributed by atoms with Crippen LogP contribution in [0.25, 0.3) is 0 Å². The van der Waals surface area contributed by atoms with E-state index >= 15 is 0 Å². The van der Waals surface area contributed by atoms with Crippen LogP contribution in [-0.2, 0) is 11.2 Å². The first-order chi connectivity index (χ1) is 12.7. The smallest absolute Gasteiger partial charge is 0.406 e. The monoisotopic (exact) mass is 389 g/mol. The fourth-order valence-corrected chi connectivity index (χ4v) is 2.82. The molecule has 1 aromatic rings. The summed E-state index contributed by atoms with van der Waals surface area (Å²) in [5, 5.41) is 5.62. The van der Waals surface area contributed by atoms with Gasteiger partial charge in [0.05, 0.1) is 13.2 Å². The number of morpholine rings is 1. The number of hydrogen-bond acceptors (Lipinski definition) is 4. The highest BCUT2D eigenvalue weighted by Crippen LogP contribution is 2.22. The van der Waals surface area contributed by atoms with Crippen LogP contribution in [0.4, 0.5) is 18.0 Å². The molecule has 0 atom stereocenters. The predicted octanol–water partition coefficient (Wildman–Crippen LogP) is 2.54. The number of hydrogen-bond donors (Lipinski definition) is 2. The third-order valence-electron chi connectivity index (χ3n) is 4.40. The Morgan fingerprint density at radius 3 is 2.37 bits per heavy atom. The first kappa shape index (κ1) is 21.3. The number of alkyl halides is 3. The van der Waals surface area contributed by atoms with Gasteiger partial charge in [-0.1, -0.05) is 12.1 Å². The summed E-state index contributed by atoms with van der Waals surface area (Å²) < 4.78 is 45.5. The number of carbonyl (C=O) groups is 1. The minimum absolute atomic E-state index is 0.171. The average Bonchev–Trinajstić information content (AvgIpc) is 2.61. The molecule has 1 aliphatic rings. The van der Waals surface area contributed by atoms with E-state index in [2.05, 4.69) is 34.1 Å². The third-order valence-corrected chi connectivity index (χ3v) is 4.40. The van der Waals surface area contributed by atoms with Gasteiger partial charge in [0.25, 0.3) is 0 Å². The summed E-state index contributed by atoms with van der Waals surface area (Å²) in [6, 6.07) is 5.33. The van der Waals surface area contributed by atoms with Crippen LogP contribution < -0.4 is 15.4 Å². The number of nitrogens with one attached hydrogen (secondary N) is 2. The average molecular weight is 389 g/mol. The number of halogens is 3. The summed E-state index contributed by atoms with van der Waals surface area (Å²) in [6.45, 7) is 8.09. The highest BCUT2D eigenvalue weighted by molar-refractivity contribution is 5.73. The van der Waals surface area contributed by atoms with E-state index in [1.807, 2.05) is 0 Å². The van der Waals surface area contributed by atoms with Crippen LogP contribution in [0.1, 0.15) is 19.4 Å². The highest BCUT2D eigenvalue weighted by atomic mass is 19.4. The topological polar surface area (TPSA) is 62.8 Å². The van der Waals surface area contributed by atoms with E-state index in [-0.39, 0.29) is 17.3 Å². The molecule has 1 heterocycles. The lowest BCUT2D eigenvalue weighted by atomic mass is 10.0. The zero-order chi connectivity index (χ0) is 19.9. The number of rotatable bonds is 7. The lowest BCUT2D eigenvalue weighted by molar-refractivity contribution is -0.274. The SMILES string of the molecule is CC(C)(CNC(=O)NCCc1ccc(OC(F)(F)F)cc1)N1CCOCC1. The standard InChI is InChI=1S/C18H26F3N3O3/c1-17(2,24-9-11-26-12-10-24)13-23-16(25)22-8-7-14-3-5-15(6-4-14)27-18(19,20)21/h3-6H,7-13H2,1-2H3,(H2,22,23,25). The van der Waals surface area contributed by atoms with Crippen molar-refractivity contribution in [3.63, 3.8) is 0 Å². The Balaban J connectivity index is 1.68. The van der Waals surface area contributed by atoms with Crippen LogP contribution in [0.5, 0.6) is 5.75 Å². The Bertz CT molecular complexity index is 600. The van der Waals surface area contributed by atoms with Gasteiger partial charge in [-0.05, 0) is 38.0 Å². The summed E-state index contributed by atoms with van der Waals surface area (Å²) in [7, 11) is 0. The predicted molar refractivity (Wildman–Crippen MR) is 94.7 cm³/mol. The first-order valence-corrected chi connectivity index (χ1v) is 8.85. The molecule has 1 saturated heterocycles. The Labute approximate surface area is 157 Å². The van der Waals surface area contributed by atoms with Crippen LogP contribution in [0.3, 0.4) is 0 Å². The molecule has 2 rings (SSSR count). The summed E-state index contributed by atoms with van der Waals surface area (Å²) in [6.07, 6.45) is -4.19. The van der Waals surface area contributed by atoms with Gasteiger partial charge < -0.3 is 20.1 Å². The van der Waals surface area contributed by atoms with Crippen molar-refractivity contribution in [3.05, 3.63) is 29.8 Å². The van der Waals surface area contributed by atoms with Gasteiger partial charge in [0.1, 0.15) is 5.75 Å². The Morgan fingerprint density at radius 1 is 1.15 bits per heavy atom. The minimum Gasteiger partial charge on any atom is -0.406 e.